The summed E-state index contributed by atoms with van der Waals surface area (Å²) in [5, 5.41) is 3.32. The molecule has 0 saturated carbocycles. The fraction of sp³-hybridized carbons (Fsp3) is 0.588. The van der Waals surface area contributed by atoms with Gasteiger partial charge in [-0.3, -0.25) is 4.79 Å². The van der Waals surface area contributed by atoms with E-state index in [9.17, 15) is 4.79 Å². The lowest BCUT2D eigenvalue weighted by molar-refractivity contribution is -0.140. The zero-order valence-corrected chi connectivity index (χ0v) is 15.5. The standard InChI is InChI=1S/C17H25N3O.2ClH/c1-14-4-3-5-15(12-14)19-8-10-20(11-9-19)16(21)17(2)6-7-18-13-17;;/h3-5,12,18H,6-11,13H2,1-2H3;2*1H. The highest BCUT2D eigenvalue weighted by Crippen LogP contribution is 2.28. The summed E-state index contributed by atoms with van der Waals surface area (Å²) >= 11 is 0. The van der Waals surface area contributed by atoms with Crippen molar-refractivity contribution in [3.8, 4) is 0 Å². The van der Waals surface area contributed by atoms with E-state index in [2.05, 4.69) is 53.2 Å². The molecule has 2 aliphatic heterocycles. The van der Waals surface area contributed by atoms with E-state index in [0.717, 1.165) is 45.7 Å². The fourth-order valence-electron chi connectivity index (χ4n) is 3.37. The number of amides is 1. The van der Waals surface area contributed by atoms with E-state index in [-0.39, 0.29) is 30.2 Å². The van der Waals surface area contributed by atoms with Gasteiger partial charge >= 0.3 is 0 Å². The third kappa shape index (κ3) is 4.31. The van der Waals surface area contributed by atoms with Crippen LogP contribution >= 0.6 is 24.8 Å². The van der Waals surface area contributed by atoms with E-state index in [0.29, 0.717) is 5.91 Å². The lowest BCUT2D eigenvalue weighted by Crippen LogP contribution is -2.53. The number of benzene rings is 1. The second-order valence-corrected chi connectivity index (χ2v) is 6.61. The summed E-state index contributed by atoms with van der Waals surface area (Å²) in [4.78, 5) is 17.1. The van der Waals surface area contributed by atoms with Crippen molar-refractivity contribution in [1.82, 2.24) is 10.2 Å². The molecule has 2 fully saturated rings. The van der Waals surface area contributed by atoms with Gasteiger partial charge in [-0.25, -0.2) is 0 Å². The quantitative estimate of drug-likeness (QED) is 0.880. The van der Waals surface area contributed by atoms with Gasteiger partial charge in [0.2, 0.25) is 5.91 Å². The van der Waals surface area contributed by atoms with E-state index < -0.39 is 0 Å². The number of carbonyl (C=O) groups excluding carboxylic acids is 1. The molecule has 130 valence electrons. The third-order valence-corrected chi connectivity index (χ3v) is 4.82. The second-order valence-electron chi connectivity index (χ2n) is 6.61. The third-order valence-electron chi connectivity index (χ3n) is 4.82. The van der Waals surface area contributed by atoms with Crippen molar-refractivity contribution in [2.45, 2.75) is 20.3 Å². The van der Waals surface area contributed by atoms with Crippen LogP contribution in [0.25, 0.3) is 0 Å². The van der Waals surface area contributed by atoms with Gasteiger partial charge in [0.15, 0.2) is 0 Å². The summed E-state index contributed by atoms with van der Waals surface area (Å²) in [6.07, 6.45) is 0.962. The maximum Gasteiger partial charge on any atom is 0.229 e. The van der Waals surface area contributed by atoms with E-state index in [1.807, 2.05) is 0 Å². The highest BCUT2D eigenvalue weighted by Gasteiger charge is 2.39. The Kier molecular flexibility index (Phi) is 7.18. The number of halogens is 2. The van der Waals surface area contributed by atoms with Crippen LogP contribution in [0.5, 0.6) is 0 Å². The van der Waals surface area contributed by atoms with Gasteiger partial charge in [0.25, 0.3) is 0 Å². The first-order valence-corrected chi connectivity index (χ1v) is 7.90. The maximum atomic E-state index is 12.7. The highest BCUT2D eigenvalue weighted by atomic mass is 35.5. The molecule has 0 aliphatic carbocycles. The number of piperazine rings is 1. The molecular weight excluding hydrogens is 333 g/mol. The fourth-order valence-corrected chi connectivity index (χ4v) is 3.37. The number of carbonyl (C=O) groups is 1. The number of aryl methyl sites for hydroxylation is 1. The summed E-state index contributed by atoms with van der Waals surface area (Å²) in [7, 11) is 0. The molecule has 1 amide bonds. The average molecular weight is 360 g/mol. The summed E-state index contributed by atoms with van der Waals surface area (Å²) in [5.41, 5.74) is 2.37. The van der Waals surface area contributed by atoms with Gasteiger partial charge < -0.3 is 15.1 Å². The molecule has 1 aromatic rings. The molecule has 1 N–H and O–H groups in total. The Hall–Kier alpha value is -0.970. The molecule has 6 heteroatoms. The molecule has 0 bridgehead atoms. The smallest absolute Gasteiger partial charge is 0.229 e. The number of rotatable bonds is 2. The molecule has 23 heavy (non-hydrogen) atoms. The molecule has 1 aromatic carbocycles. The maximum absolute atomic E-state index is 12.7. The molecule has 4 nitrogen and oxygen atoms in total. The van der Waals surface area contributed by atoms with Gasteiger partial charge in [-0.05, 0) is 44.5 Å². The zero-order valence-electron chi connectivity index (χ0n) is 13.9. The van der Waals surface area contributed by atoms with Crippen molar-refractivity contribution in [1.29, 1.82) is 0 Å². The zero-order chi connectivity index (χ0) is 14.9. The molecule has 1 unspecified atom stereocenters. The largest absolute Gasteiger partial charge is 0.368 e. The van der Waals surface area contributed by atoms with Crippen LogP contribution in [0.1, 0.15) is 18.9 Å². The Balaban J connectivity index is 0.00000132. The molecule has 2 aliphatic rings. The van der Waals surface area contributed by atoms with E-state index in [1.165, 1.54) is 11.3 Å². The Labute approximate surface area is 151 Å². The van der Waals surface area contributed by atoms with Gasteiger partial charge in [-0.2, -0.15) is 0 Å². The predicted octanol–water partition coefficient (Wildman–Crippen LogP) is 2.49. The number of nitrogens with zero attached hydrogens (tertiary/aromatic N) is 2. The van der Waals surface area contributed by atoms with Crippen molar-refractivity contribution in [2.24, 2.45) is 5.41 Å². The van der Waals surface area contributed by atoms with Crippen LogP contribution < -0.4 is 10.2 Å². The first kappa shape index (κ1) is 20.1. The molecule has 2 heterocycles. The van der Waals surface area contributed by atoms with Crippen molar-refractivity contribution in [2.75, 3.05) is 44.2 Å². The van der Waals surface area contributed by atoms with Crippen LogP contribution in [0.2, 0.25) is 0 Å². The van der Waals surface area contributed by atoms with Gasteiger partial charge in [0.05, 0.1) is 5.41 Å². The van der Waals surface area contributed by atoms with Gasteiger partial charge in [0, 0.05) is 38.4 Å². The monoisotopic (exact) mass is 359 g/mol. The normalized spacial score (nSPS) is 23.9. The molecule has 0 radical (unpaired) electrons. The highest BCUT2D eigenvalue weighted by molar-refractivity contribution is 5.85. The number of nitrogens with one attached hydrogen (secondary N) is 1. The van der Waals surface area contributed by atoms with Crippen LogP contribution in [-0.4, -0.2) is 50.1 Å². The van der Waals surface area contributed by atoms with Crippen LogP contribution in [0.15, 0.2) is 24.3 Å². The van der Waals surface area contributed by atoms with Crippen molar-refractivity contribution < 1.29 is 4.79 Å². The Bertz CT molecular complexity index is 524. The molecule has 3 rings (SSSR count). The minimum Gasteiger partial charge on any atom is -0.368 e. The lowest BCUT2D eigenvalue weighted by atomic mass is 9.88. The molecule has 1 atom stereocenters. The first-order chi connectivity index (χ1) is 10.1. The van der Waals surface area contributed by atoms with Crippen LogP contribution in [0.3, 0.4) is 0 Å². The van der Waals surface area contributed by atoms with Crippen molar-refractivity contribution >= 4 is 36.4 Å². The van der Waals surface area contributed by atoms with Crippen LogP contribution in [-0.2, 0) is 4.79 Å². The lowest BCUT2D eigenvalue weighted by Gasteiger charge is -2.39. The van der Waals surface area contributed by atoms with E-state index in [1.54, 1.807) is 0 Å². The Morgan fingerprint density at radius 2 is 1.87 bits per heavy atom. The van der Waals surface area contributed by atoms with Crippen LogP contribution in [0.4, 0.5) is 5.69 Å². The number of anilines is 1. The van der Waals surface area contributed by atoms with E-state index >= 15 is 0 Å². The summed E-state index contributed by atoms with van der Waals surface area (Å²) in [6.45, 7) is 9.54. The SMILES string of the molecule is Cc1cccc(N2CCN(C(=O)C3(C)CCNC3)CC2)c1.Cl.Cl. The van der Waals surface area contributed by atoms with Gasteiger partial charge in [-0.1, -0.05) is 12.1 Å². The number of hydrogen-bond acceptors (Lipinski definition) is 3. The summed E-state index contributed by atoms with van der Waals surface area (Å²) in [5.74, 6) is 0.330. The van der Waals surface area contributed by atoms with Gasteiger partial charge in [-0.15, -0.1) is 24.8 Å². The van der Waals surface area contributed by atoms with Crippen LogP contribution in [0, 0.1) is 12.3 Å². The Morgan fingerprint density at radius 1 is 1.17 bits per heavy atom. The topological polar surface area (TPSA) is 35.6 Å². The van der Waals surface area contributed by atoms with Crippen molar-refractivity contribution in [3.05, 3.63) is 29.8 Å². The predicted molar refractivity (Wildman–Crippen MR) is 100 cm³/mol. The Morgan fingerprint density at radius 3 is 2.43 bits per heavy atom. The van der Waals surface area contributed by atoms with Gasteiger partial charge in [0.1, 0.15) is 0 Å². The molecule has 0 spiro atoms. The second kappa shape index (κ2) is 8.22. The minimum atomic E-state index is -0.189. The minimum absolute atomic E-state index is 0. The molecule has 0 aromatic heterocycles. The number of hydrogen-bond donors (Lipinski definition) is 1. The summed E-state index contributed by atoms with van der Waals surface area (Å²) in [6, 6.07) is 8.61. The summed E-state index contributed by atoms with van der Waals surface area (Å²) < 4.78 is 0. The average Bonchev–Trinajstić information content (AvgIpc) is 2.95. The molecular formula is C17H27Cl2N3O. The van der Waals surface area contributed by atoms with E-state index in [4.69, 9.17) is 0 Å². The molecule has 2 saturated heterocycles. The first-order valence-electron chi connectivity index (χ1n) is 7.90. The van der Waals surface area contributed by atoms with Crippen molar-refractivity contribution in [3.63, 3.8) is 0 Å².